The van der Waals surface area contributed by atoms with Crippen LogP contribution in [0.3, 0.4) is 0 Å². The molecule has 94 valence electrons. The summed E-state index contributed by atoms with van der Waals surface area (Å²) >= 11 is 0. The van der Waals surface area contributed by atoms with E-state index in [1.54, 1.807) is 0 Å². The van der Waals surface area contributed by atoms with Crippen LogP contribution in [0.2, 0.25) is 0 Å². The first-order valence-electron chi connectivity index (χ1n) is 6.75. The fraction of sp³-hybridized carbons (Fsp3) is 0.933. The van der Waals surface area contributed by atoms with E-state index in [1.807, 2.05) is 0 Å². The highest BCUT2D eigenvalue weighted by atomic mass is 14.4. The molecule has 0 fully saturated rings. The highest BCUT2D eigenvalue weighted by molar-refractivity contribution is 4.88. The summed E-state index contributed by atoms with van der Waals surface area (Å²) in [4.78, 5) is 0. The predicted molar refractivity (Wildman–Crippen MR) is 71.0 cm³/mol. The molecule has 0 aromatic heterocycles. The molecular formula is C15H29N. The maximum Gasteiger partial charge on any atom is 0.0655 e. The minimum Gasteiger partial charge on any atom is -0.198 e. The average molecular weight is 223 g/mol. The molecule has 0 rings (SSSR count). The van der Waals surface area contributed by atoms with Gasteiger partial charge in [0.2, 0.25) is 0 Å². The van der Waals surface area contributed by atoms with E-state index in [-0.39, 0.29) is 5.92 Å². The van der Waals surface area contributed by atoms with Crippen LogP contribution >= 0.6 is 0 Å². The topological polar surface area (TPSA) is 23.8 Å². The summed E-state index contributed by atoms with van der Waals surface area (Å²) in [6.45, 7) is 13.5. The van der Waals surface area contributed by atoms with Gasteiger partial charge in [0.05, 0.1) is 6.07 Å². The van der Waals surface area contributed by atoms with E-state index in [2.05, 4.69) is 47.6 Å². The number of hydrogen-bond donors (Lipinski definition) is 0. The molecule has 0 aromatic carbocycles. The van der Waals surface area contributed by atoms with Gasteiger partial charge in [0.25, 0.3) is 0 Å². The summed E-state index contributed by atoms with van der Waals surface area (Å²) in [6.07, 6.45) is 4.83. The molecule has 0 aliphatic carbocycles. The Kier molecular flexibility index (Phi) is 6.72. The lowest BCUT2D eigenvalue weighted by molar-refractivity contribution is 0.179. The first-order valence-corrected chi connectivity index (χ1v) is 6.75. The molecule has 0 aliphatic heterocycles. The van der Waals surface area contributed by atoms with Gasteiger partial charge in [0.1, 0.15) is 0 Å². The molecule has 3 unspecified atom stereocenters. The van der Waals surface area contributed by atoms with Crippen LogP contribution in [-0.4, -0.2) is 0 Å². The Bertz CT molecular complexity index is 219. The highest BCUT2D eigenvalue weighted by Gasteiger charge is 2.28. The van der Waals surface area contributed by atoms with Crippen LogP contribution < -0.4 is 0 Å². The van der Waals surface area contributed by atoms with Gasteiger partial charge in [-0.3, -0.25) is 0 Å². The lowest BCUT2D eigenvalue weighted by Gasteiger charge is -2.33. The second-order valence-corrected chi connectivity index (χ2v) is 6.30. The first kappa shape index (κ1) is 15.5. The number of nitriles is 1. The smallest absolute Gasteiger partial charge is 0.0655 e. The Labute approximate surface area is 102 Å². The third kappa shape index (κ3) is 5.54. The van der Waals surface area contributed by atoms with Crippen molar-refractivity contribution in [2.24, 2.45) is 23.2 Å². The van der Waals surface area contributed by atoms with Crippen LogP contribution in [0.25, 0.3) is 0 Å². The van der Waals surface area contributed by atoms with Gasteiger partial charge in [-0.1, -0.05) is 47.5 Å². The molecule has 0 amide bonds. The predicted octanol–water partition coefficient (Wildman–Crippen LogP) is 5.02. The van der Waals surface area contributed by atoms with E-state index in [1.165, 1.54) is 25.7 Å². The van der Waals surface area contributed by atoms with Crippen LogP contribution in [0.1, 0.15) is 67.2 Å². The molecule has 0 bridgehead atoms. The van der Waals surface area contributed by atoms with E-state index in [0.717, 1.165) is 0 Å². The Morgan fingerprint density at radius 1 is 1.19 bits per heavy atom. The zero-order valence-electron chi connectivity index (χ0n) is 12.0. The lowest BCUT2D eigenvalue weighted by atomic mass is 9.72. The molecular weight excluding hydrogens is 194 g/mol. The highest BCUT2D eigenvalue weighted by Crippen LogP contribution is 2.36. The summed E-state index contributed by atoms with van der Waals surface area (Å²) < 4.78 is 0. The minimum absolute atomic E-state index is 0.201. The van der Waals surface area contributed by atoms with Crippen LogP contribution in [0.5, 0.6) is 0 Å². The van der Waals surface area contributed by atoms with Gasteiger partial charge >= 0.3 is 0 Å². The van der Waals surface area contributed by atoms with Gasteiger partial charge in [-0.2, -0.15) is 5.26 Å². The van der Waals surface area contributed by atoms with Crippen molar-refractivity contribution < 1.29 is 0 Å². The molecule has 16 heavy (non-hydrogen) atoms. The molecule has 0 heterocycles. The quantitative estimate of drug-likeness (QED) is 0.620. The molecule has 0 spiro atoms. The third-order valence-corrected chi connectivity index (χ3v) is 3.47. The largest absolute Gasteiger partial charge is 0.198 e. The van der Waals surface area contributed by atoms with Crippen LogP contribution in [0.15, 0.2) is 0 Å². The molecule has 3 atom stereocenters. The Morgan fingerprint density at radius 2 is 1.75 bits per heavy atom. The monoisotopic (exact) mass is 223 g/mol. The van der Waals surface area contributed by atoms with Crippen molar-refractivity contribution in [3.63, 3.8) is 0 Å². The number of hydrogen-bond acceptors (Lipinski definition) is 1. The van der Waals surface area contributed by atoms with Gasteiger partial charge in [0, 0.05) is 5.92 Å². The van der Waals surface area contributed by atoms with E-state index in [9.17, 15) is 0 Å². The maximum atomic E-state index is 9.12. The maximum absolute atomic E-state index is 9.12. The van der Waals surface area contributed by atoms with Crippen molar-refractivity contribution >= 4 is 0 Å². The molecule has 0 saturated heterocycles. The second-order valence-electron chi connectivity index (χ2n) is 6.30. The van der Waals surface area contributed by atoms with Gasteiger partial charge in [-0.25, -0.2) is 0 Å². The van der Waals surface area contributed by atoms with Gasteiger partial charge in [-0.15, -0.1) is 0 Å². The normalized spacial score (nSPS) is 17.6. The summed E-state index contributed by atoms with van der Waals surface area (Å²) in [6, 6.07) is 2.45. The first-order chi connectivity index (χ1) is 7.35. The zero-order chi connectivity index (χ0) is 12.8. The lowest BCUT2D eigenvalue weighted by Crippen LogP contribution is -2.25. The minimum atomic E-state index is 0.201. The fourth-order valence-electron chi connectivity index (χ4n) is 2.71. The molecule has 0 aliphatic rings. The van der Waals surface area contributed by atoms with Crippen molar-refractivity contribution in [1.29, 1.82) is 5.26 Å². The van der Waals surface area contributed by atoms with Gasteiger partial charge < -0.3 is 0 Å². The standard InChI is InChI=1S/C15H29N/c1-7-9-14(12(3)11-16)13(8-2)10-15(4,5)6/h12-14H,7-10H2,1-6H3. The van der Waals surface area contributed by atoms with Crippen LogP contribution in [0, 0.1) is 34.5 Å². The van der Waals surface area contributed by atoms with Gasteiger partial charge in [0.15, 0.2) is 0 Å². The number of rotatable bonds is 6. The van der Waals surface area contributed by atoms with Crippen molar-refractivity contribution in [3.8, 4) is 6.07 Å². The Hall–Kier alpha value is -0.510. The van der Waals surface area contributed by atoms with Crippen molar-refractivity contribution in [2.45, 2.75) is 67.2 Å². The van der Waals surface area contributed by atoms with Crippen molar-refractivity contribution in [3.05, 3.63) is 0 Å². The van der Waals surface area contributed by atoms with Crippen molar-refractivity contribution in [2.75, 3.05) is 0 Å². The van der Waals surface area contributed by atoms with Crippen LogP contribution in [-0.2, 0) is 0 Å². The average Bonchev–Trinajstić information content (AvgIpc) is 2.20. The molecule has 0 saturated carbocycles. The summed E-state index contributed by atoms with van der Waals surface area (Å²) in [7, 11) is 0. The van der Waals surface area contributed by atoms with E-state index in [4.69, 9.17) is 5.26 Å². The second kappa shape index (κ2) is 6.94. The molecule has 0 radical (unpaired) electrons. The molecule has 0 aromatic rings. The molecule has 1 nitrogen and oxygen atoms in total. The molecule has 0 N–H and O–H groups in total. The zero-order valence-corrected chi connectivity index (χ0v) is 12.0. The number of nitrogens with zero attached hydrogens (tertiary/aromatic N) is 1. The van der Waals surface area contributed by atoms with E-state index >= 15 is 0 Å². The Morgan fingerprint density at radius 3 is 2.06 bits per heavy atom. The Balaban J connectivity index is 4.65. The third-order valence-electron chi connectivity index (χ3n) is 3.47. The molecule has 1 heteroatoms. The fourth-order valence-corrected chi connectivity index (χ4v) is 2.71. The summed E-state index contributed by atoms with van der Waals surface area (Å²) in [5.74, 6) is 1.49. The summed E-state index contributed by atoms with van der Waals surface area (Å²) in [5.41, 5.74) is 0.377. The summed E-state index contributed by atoms with van der Waals surface area (Å²) in [5, 5.41) is 9.12. The van der Waals surface area contributed by atoms with E-state index < -0.39 is 0 Å². The van der Waals surface area contributed by atoms with Gasteiger partial charge in [-0.05, 0) is 37.0 Å². The van der Waals surface area contributed by atoms with E-state index in [0.29, 0.717) is 17.3 Å². The van der Waals surface area contributed by atoms with Crippen molar-refractivity contribution in [1.82, 2.24) is 0 Å². The SMILES string of the molecule is CCCC(C(C)C#N)C(CC)CC(C)(C)C. The van der Waals surface area contributed by atoms with Crippen LogP contribution in [0.4, 0.5) is 0 Å².